The van der Waals surface area contributed by atoms with Gasteiger partial charge in [0.15, 0.2) is 0 Å². The lowest BCUT2D eigenvalue weighted by Gasteiger charge is -2.16. The van der Waals surface area contributed by atoms with Crippen LogP contribution < -0.4 is 10.6 Å². The smallest absolute Gasteiger partial charge is 0.228 e. The van der Waals surface area contributed by atoms with Crippen LogP contribution in [0.2, 0.25) is 0 Å². The van der Waals surface area contributed by atoms with Crippen LogP contribution in [0.15, 0.2) is 22.7 Å². The summed E-state index contributed by atoms with van der Waals surface area (Å²) in [4.78, 5) is 13.1. The van der Waals surface area contributed by atoms with Crippen LogP contribution in [0.25, 0.3) is 0 Å². The van der Waals surface area contributed by atoms with Crippen molar-refractivity contribution >= 4 is 27.5 Å². The third-order valence-electron chi connectivity index (χ3n) is 2.37. The Balaban J connectivity index is 2.30. The van der Waals surface area contributed by atoms with Gasteiger partial charge in [-0.15, -0.1) is 0 Å². The van der Waals surface area contributed by atoms with Crippen LogP contribution in [0.3, 0.4) is 0 Å². The van der Waals surface area contributed by atoms with E-state index in [1.54, 1.807) is 17.0 Å². The van der Waals surface area contributed by atoms with E-state index in [1.807, 2.05) is 0 Å². The molecule has 80 valence electrons. The van der Waals surface area contributed by atoms with Gasteiger partial charge in [-0.3, -0.25) is 4.79 Å². The van der Waals surface area contributed by atoms with Crippen molar-refractivity contribution in [1.29, 1.82) is 0 Å². The van der Waals surface area contributed by atoms with Crippen LogP contribution in [-0.2, 0) is 4.79 Å². The van der Waals surface area contributed by atoms with Crippen LogP contribution in [0.5, 0.6) is 0 Å². The number of nitrogens with zero attached hydrogens (tertiary/aromatic N) is 1. The molecular weight excluding hydrogens is 263 g/mol. The number of carbonyl (C=O) groups excluding carboxylic acids is 1. The van der Waals surface area contributed by atoms with Gasteiger partial charge in [0.05, 0.1) is 4.47 Å². The average Bonchev–Trinajstić information content (AvgIpc) is 2.50. The minimum atomic E-state index is -0.338. The van der Waals surface area contributed by atoms with Crippen molar-refractivity contribution in [1.82, 2.24) is 0 Å². The molecule has 5 heteroatoms. The molecule has 0 aromatic heterocycles. The number of anilines is 1. The zero-order chi connectivity index (χ0) is 11.0. The summed E-state index contributed by atoms with van der Waals surface area (Å²) >= 11 is 3.08. The fraction of sp³-hybridized carbons (Fsp3) is 0.300. The number of halogens is 2. The molecule has 1 amide bonds. The van der Waals surface area contributed by atoms with Crippen LogP contribution >= 0.6 is 15.9 Å². The Hall–Kier alpha value is -0.940. The SMILES string of the molecule is NC1CC(=O)N(c2ccc(F)c(Br)c2)C1. The van der Waals surface area contributed by atoms with Crippen molar-refractivity contribution in [3.63, 3.8) is 0 Å². The summed E-state index contributed by atoms with van der Waals surface area (Å²) in [7, 11) is 0. The molecule has 1 unspecified atom stereocenters. The second-order valence-electron chi connectivity index (χ2n) is 3.57. The molecule has 0 radical (unpaired) electrons. The molecule has 1 saturated heterocycles. The normalized spacial score (nSPS) is 21.1. The summed E-state index contributed by atoms with van der Waals surface area (Å²) in [5.74, 6) is -0.351. The Morgan fingerprint density at radius 1 is 1.53 bits per heavy atom. The third-order valence-corrected chi connectivity index (χ3v) is 2.98. The van der Waals surface area contributed by atoms with Gasteiger partial charge in [-0.05, 0) is 34.1 Å². The number of nitrogens with two attached hydrogens (primary N) is 1. The molecule has 1 aliphatic heterocycles. The van der Waals surface area contributed by atoms with E-state index < -0.39 is 0 Å². The Bertz CT molecular complexity index is 410. The number of rotatable bonds is 1. The molecule has 0 spiro atoms. The van der Waals surface area contributed by atoms with Gasteiger partial charge < -0.3 is 10.6 Å². The quantitative estimate of drug-likeness (QED) is 0.845. The largest absolute Gasteiger partial charge is 0.326 e. The number of carbonyl (C=O) groups is 1. The lowest BCUT2D eigenvalue weighted by atomic mass is 10.3. The predicted octanol–water partition coefficient (Wildman–Crippen LogP) is 1.65. The first-order valence-corrected chi connectivity index (χ1v) is 5.38. The van der Waals surface area contributed by atoms with Crippen LogP contribution in [0, 0.1) is 5.82 Å². The Morgan fingerprint density at radius 3 is 2.80 bits per heavy atom. The molecule has 1 aromatic rings. The van der Waals surface area contributed by atoms with Crippen molar-refractivity contribution in [2.24, 2.45) is 5.73 Å². The molecular formula is C10H10BrFN2O. The van der Waals surface area contributed by atoms with Gasteiger partial charge in [-0.1, -0.05) is 0 Å². The van der Waals surface area contributed by atoms with E-state index in [0.29, 0.717) is 23.1 Å². The maximum Gasteiger partial charge on any atom is 0.228 e. The van der Waals surface area contributed by atoms with E-state index in [0.717, 1.165) is 0 Å². The Morgan fingerprint density at radius 2 is 2.27 bits per heavy atom. The zero-order valence-corrected chi connectivity index (χ0v) is 9.50. The molecule has 1 fully saturated rings. The zero-order valence-electron chi connectivity index (χ0n) is 7.91. The summed E-state index contributed by atoms with van der Waals surface area (Å²) in [6, 6.07) is 4.37. The van der Waals surface area contributed by atoms with Gasteiger partial charge in [-0.2, -0.15) is 0 Å². The first-order chi connectivity index (χ1) is 7.08. The fourth-order valence-electron chi connectivity index (χ4n) is 1.64. The van der Waals surface area contributed by atoms with Crippen molar-refractivity contribution in [3.05, 3.63) is 28.5 Å². The first-order valence-electron chi connectivity index (χ1n) is 4.59. The molecule has 2 rings (SSSR count). The summed E-state index contributed by atoms with van der Waals surface area (Å²) in [5, 5.41) is 0. The lowest BCUT2D eigenvalue weighted by molar-refractivity contribution is -0.117. The second kappa shape index (κ2) is 3.90. The Labute approximate surface area is 95.2 Å². The predicted molar refractivity (Wildman–Crippen MR) is 59.0 cm³/mol. The van der Waals surface area contributed by atoms with Gasteiger partial charge in [0.1, 0.15) is 5.82 Å². The standard InChI is InChI=1S/C10H10BrFN2O/c11-8-4-7(1-2-9(8)12)14-5-6(13)3-10(14)15/h1-2,4,6H,3,5,13H2. The van der Waals surface area contributed by atoms with Crippen molar-refractivity contribution in [3.8, 4) is 0 Å². The molecule has 0 saturated carbocycles. The van der Waals surface area contributed by atoms with Crippen molar-refractivity contribution in [2.75, 3.05) is 11.4 Å². The molecule has 0 bridgehead atoms. The summed E-state index contributed by atoms with van der Waals surface area (Å²) in [6.45, 7) is 0.497. The molecule has 1 aromatic carbocycles. The van der Waals surface area contributed by atoms with Gasteiger partial charge in [0, 0.05) is 24.7 Å². The topological polar surface area (TPSA) is 46.3 Å². The van der Waals surface area contributed by atoms with Crippen LogP contribution in [0.1, 0.15) is 6.42 Å². The highest BCUT2D eigenvalue weighted by Gasteiger charge is 2.28. The molecule has 1 atom stereocenters. The monoisotopic (exact) mass is 272 g/mol. The van der Waals surface area contributed by atoms with Crippen molar-refractivity contribution in [2.45, 2.75) is 12.5 Å². The minimum Gasteiger partial charge on any atom is -0.326 e. The van der Waals surface area contributed by atoms with E-state index in [-0.39, 0.29) is 17.8 Å². The maximum atomic E-state index is 13.0. The highest BCUT2D eigenvalue weighted by atomic mass is 79.9. The first kappa shape index (κ1) is 10.6. The van der Waals surface area contributed by atoms with E-state index >= 15 is 0 Å². The third kappa shape index (κ3) is 2.03. The van der Waals surface area contributed by atoms with Crippen molar-refractivity contribution < 1.29 is 9.18 Å². The van der Waals surface area contributed by atoms with Gasteiger partial charge >= 0.3 is 0 Å². The Kier molecular flexibility index (Phi) is 2.75. The van der Waals surface area contributed by atoms with Crippen LogP contribution in [-0.4, -0.2) is 18.5 Å². The molecule has 15 heavy (non-hydrogen) atoms. The van der Waals surface area contributed by atoms with E-state index in [4.69, 9.17) is 5.73 Å². The highest BCUT2D eigenvalue weighted by Crippen LogP contribution is 2.26. The van der Waals surface area contributed by atoms with Crippen LogP contribution in [0.4, 0.5) is 10.1 Å². The maximum absolute atomic E-state index is 13.0. The summed E-state index contributed by atoms with van der Waals surface area (Å²) < 4.78 is 13.3. The van der Waals surface area contributed by atoms with E-state index in [1.165, 1.54) is 6.07 Å². The number of amides is 1. The van der Waals surface area contributed by atoms with Gasteiger partial charge in [-0.25, -0.2) is 4.39 Å². The van der Waals surface area contributed by atoms with Gasteiger partial charge in [0.2, 0.25) is 5.91 Å². The molecule has 2 N–H and O–H groups in total. The fourth-order valence-corrected chi connectivity index (χ4v) is 2.00. The number of hydrogen-bond acceptors (Lipinski definition) is 2. The average molecular weight is 273 g/mol. The van der Waals surface area contributed by atoms with E-state index in [2.05, 4.69) is 15.9 Å². The van der Waals surface area contributed by atoms with Gasteiger partial charge in [0.25, 0.3) is 0 Å². The summed E-state index contributed by atoms with van der Waals surface area (Å²) in [6.07, 6.45) is 0.356. The van der Waals surface area contributed by atoms with E-state index in [9.17, 15) is 9.18 Å². The molecule has 0 aliphatic carbocycles. The second-order valence-corrected chi connectivity index (χ2v) is 4.42. The molecule has 1 heterocycles. The minimum absolute atomic E-state index is 0.0130. The number of hydrogen-bond donors (Lipinski definition) is 1. The molecule has 3 nitrogen and oxygen atoms in total. The highest BCUT2D eigenvalue weighted by molar-refractivity contribution is 9.10. The molecule has 1 aliphatic rings. The summed E-state index contributed by atoms with van der Waals surface area (Å²) in [5.41, 5.74) is 6.35. The lowest BCUT2D eigenvalue weighted by Crippen LogP contribution is -2.27. The number of benzene rings is 1.